The standard InChI is InChI=1S/C29H29N7O6/c1-29(2,3)42-28(40)35(13-17-6-7-17)25-20(5-4-12-31-25)27-33-22(16-41-27)26(39)32-21-14-36(34-23(21)24(30)38)19-10-8-18(15-37)9-11-19/h4-5,8-12,14-17H,6-7,13H2,1-3H3,(H2,30,38)(H,32,39). The van der Waals surface area contributed by atoms with Gasteiger partial charge in [-0.05, 0) is 75.9 Å². The molecule has 13 heteroatoms. The molecule has 1 fully saturated rings. The molecule has 0 spiro atoms. The van der Waals surface area contributed by atoms with Crippen LogP contribution in [-0.2, 0) is 4.74 Å². The van der Waals surface area contributed by atoms with Gasteiger partial charge in [0.25, 0.3) is 11.8 Å². The van der Waals surface area contributed by atoms with Gasteiger partial charge in [-0.2, -0.15) is 5.10 Å². The molecule has 13 nitrogen and oxygen atoms in total. The summed E-state index contributed by atoms with van der Waals surface area (Å²) in [5, 5.41) is 6.77. The molecule has 1 aliphatic rings. The topological polar surface area (TPSA) is 176 Å². The first-order valence-corrected chi connectivity index (χ1v) is 13.2. The number of hydrogen-bond donors (Lipinski definition) is 2. The first-order valence-electron chi connectivity index (χ1n) is 13.2. The minimum Gasteiger partial charge on any atom is -0.443 e. The maximum Gasteiger partial charge on any atom is 0.416 e. The molecule has 0 saturated heterocycles. The summed E-state index contributed by atoms with van der Waals surface area (Å²) in [4.78, 5) is 59.5. The second kappa shape index (κ2) is 11.3. The molecule has 5 rings (SSSR count). The van der Waals surface area contributed by atoms with Crippen LogP contribution in [-0.4, -0.2) is 56.1 Å². The number of pyridine rings is 1. The monoisotopic (exact) mass is 571 g/mol. The lowest BCUT2D eigenvalue weighted by Crippen LogP contribution is -2.39. The SMILES string of the molecule is CC(C)(C)OC(=O)N(CC1CC1)c1ncccc1-c1nc(C(=O)Nc2cn(-c3ccc(C=O)cc3)nc2C(N)=O)co1. The summed E-state index contributed by atoms with van der Waals surface area (Å²) in [7, 11) is 0. The van der Waals surface area contributed by atoms with Crippen LogP contribution in [0.25, 0.3) is 17.1 Å². The van der Waals surface area contributed by atoms with Gasteiger partial charge in [0.1, 0.15) is 18.2 Å². The van der Waals surface area contributed by atoms with E-state index in [1.165, 1.54) is 15.8 Å². The van der Waals surface area contributed by atoms with Gasteiger partial charge in [-0.1, -0.05) is 0 Å². The Morgan fingerprint density at radius 1 is 1.19 bits per heavy atom. The number of amides is 3. The number of oxazole rings is 1. The predicted octanol–water partition coefficient (Wildman–Crippen LogP) is 4.24. The van der Waals surface area contributed by atoms with Gasteiger partial charge in [-0.25, -0.2) is 19.4 Å². The number of benzene rings is 1. The molecule has 1 aromatic carbocycles. The van der Waals surface area contributed by atoms with Crippen molar-refractivity contribution in [1.82, 2.24) is 19.7 Å². The molecule has 3 amide bonds. The quantitative estimate of drug-likeness (QED) is 0.278. The fourth-order valence-electron chi connectivity index (χ4n) is 4.08. The fraction of sp³-hybridized carbons (Fsp3) is 0.276. The number of aromatic nitrogens is 4. The molecule has 3 aromatic heterocycles. The molecule has 0 bridgehead atoms. The summed E-state index contributed by atoms with van der Waals surface area (Å²) in [5.41, 5.74) is 5.98. The molecule has 0 aliphatic heterocycles. The number of nitrogens with two attached hydrogens (primary N) is 1. The highest BCUT2D eigenvalue weighted by atomic mass is 16.6. The van der Waals surface area contributed by atoms with E-state index in [1.54, 1.807) is 63.4 Å². The first-order chi connectivity index (χ1) is 20.0. The van der Waals surface area contributed by atoms with Crippen LogP contribution in [0.5, 0.6) is 0 Å². The van der Waals surface area contributed by atoms with Crippen LogP contribution < -0.4 is 16.0 Å². The van der Waals surface area contributed by atoms with Crippen molar-refractivity contribution in [2.24, 2.45) is 11.7 Å². The Morgan fingerprint density at radius 3 is 2.57 bits per heavy atom. The maximum absolute atomic E-state index is 13.1. The molecule has 4 aromatic rings. The van der Waals surface area contributed by atoms with Crippen molar-refractivity contribution in [3.63, 3.8) is 0 Å². The van der Waals surface area contributed by atoms with E-state index in [4.69, 9.17) is 14.9 Å². The van der Waals surface area contributed by atoms with E-state index < -0.39 is 23.5 Å². The number of rotatable bonds is 9. The molecule has 1 saturated carbocycles. The highest BCUT2D eigenvalue weighted by molar-refractivity contribution is 6.07. The van der Waals surface area contributed by atoms with Gasteiger partial charge in [0.05, 0.1) is 23.1 Å². The zero-order chi connectivity index (χ0) is 30.0. The van der Waals surface area contributed by atoms with E-state index >= 15 is 0 Å². The smallest absolute Gasteiger partial charge is 0.416 e. The Kier molecular flexibility index (Phi) is 7.57. The Balaban J connectivity index is 1.40. The van der Waals surface area contributed by atoms with E-state index in [-0.39, 0.29) is 23.0 Å². The summed E-state index contributed by atoms with van der Waals surface area (Å²) >= 11 is 0. The molecule has 3 N–H and O–H groups in total. The van der Waals surface area contributed by atoms with E-state index in [0.29, 0.717) is 41.4 Å². The number of anilines is 2. The molecule has 0 radical (unpaired) electrons. The molecule has 0 atom stereocenters. The summed E-state index contributed by atoms with van der Waals surface area (Å²) in [6.45, 7) is 5.78. The van der Waals surface area contributed by atoms with Crippen molar-refractivity contribution < 1.29 is 28.3 Å². The minimum atomic E-state index is -0.854. The Bertz CT molecular complexity index is 1650. The molecule has 1 aliphatic carbocycles. The van der Waals surface area contributed by atoms with Gasteiger partial charge < -0.3 is 20.2 Å². The molecule has 3 heterocycles. The lowest BCUT2D eigenvalue weighted by atomic mass is 10.2. The number of carbonyl (C=O) groups is 4. The number of carbonyl (C=O) groups excluding carboxylic acids is 4. The predicted molar refractivity (Wildman–Crippen MR) is 151 cm³/mol. The van der Waals surface area contributed by atoms with Crippen molar-refractivity contribution in [2.45, 2.75) is 39.2 Å². The molecular weight excluding hydrogens is 542 g/mol. The number of nitrogens with one attached hydrogen (secondary N) is 1. The van der Waals surface area contributed by atoms with Crippen LogP contribution in [0.4, 0.5) is 16.3 Å². The van der Waals surface area contributed by atoms with Gasteiger partial charge in [0.15, 0.2) is 17.2 Å². The van der Waals surface area contributed by atoms with Crippen molar-refractivity contribution in [2.75, 3.05) is 16.8 Å². The van der Waals surface area contributed by atoms with E-state index in [0.717, 1.165) is 19.1 Å². The molecular formula is C29H29N7O6. The fourth-order valence-corrected chi connectivity index (χ4v) is 4.08. The second-order valence-electron chi connectivity index (χ2n) is 10.8. The summed E-state index contributed by atoms with van der Waals surface area (Å²) in [5.74, 6) is -0.844. The van der Waals surface area contributed by atoms with Gasteiger partial charge in [0, 0.05) is 18.3 Å². The molecule has 216 valence electrons. The summed E-state index contributed by atoms with van der Waals surface area (Å²) < 4.78 is 12.6. The minimum absolute atomic E-state index is 0.0547. The highest BCUT2D eigenvalue weighted by Gasteiger charge is 2.33. The highest BCUT2D eigenvalue weighted by Crippen LogP contribution is 2.35. The van der Waals surface area contributed by atoms with Gasteiger partial charge >= 0.3 is 6.09 Å². The lowest BCUT2D eigenvalue weighted by Gasteiger charge is -2.27. The average molecular weight is 572 g/mol. The second-order valence-corrected chi connectivity index (χ2v) is 10.8. The third kappa shape index (κ3) is 6.35. The molecule has 42 heavy (non-hydrogen) atoms. The van der Waals surface area contributed by atoms with Crippen LogP contribution in [0.1, 0.15) is 64.9 Å². The van der Waals surface area contributed by atoms with Crippen LogP contribution in [0.2, 0.25) is 0 Å². The normalized spacial score (nSPS) is 12.9. The number of primary amides is 1. The van der Waals surface area contributed by atoms with Crippen LogP contribution in [0.15, 0.2) is 59.5 Å². The molecule has 0 unspecified atom stereocenters. The van der Waals surface area contributed by atoms with Crippen molar-refractivity contribution in [1.29, 1.82) is 0 Å². The lowest BCUT2D eigenvalue weighted by molar-refractivity contribution is 0.0577. The van der Waals surface area contributed by atoms with Crippen LogP contribution >= 0.6 is 0 Å². The Morgan fingerprint density at radius 2 is 1.93 bits per heavy atom. The first kappa shape index (κ1) is 28.2. The van der Waals surface area contributed by atoms with Gasteiger partial charge in [-0.15, -0.1) is 0 Å². The van der Waals surface area contributed by atoms with Gasteiger partial charge in [0.2, 0.25) is 5.89 Å². The summed E-state index contributed by atoms with van der Waals surface area (Å²) in [6.07, 6.45) is 6.29. The number of aldehydes is 1. The Hall–Kier alpha value is -5.33. The van der Waals surface area contributed by atoms with Crippen molar-refractivity contribution in [3.05, 3.63) is 72.0 Å². The summed E-state index contributed by atoms with van der Waals surface area (Å²) in [6, 6.07) is 9.79. The maximum atomic E-state index is 13.1. The van der Waals surface area contributed by atoms with Crippen molar-refractivity contribution >= 4 is 35.7 Å². The van der Waals surface area contributed by atoms with Gasteiger partial charge in [-0.3, -0.25) is 19.3 Å². The van der Waals surface area contributed by atoms with Crippen LogP contribution in [0, 0.1) is 5.92 Å². The zero-order valence-corrected chi connectivity index (χ0v) is 23.2. The van der Waals surface area contributed by atoms with Crippen LogP contribution in [0.3, 0.4) is 0 Å². The largest absolute Gasteiger partial charge is 0.443 e. The number of ether oxygens (including phenoxy) is 1. The number of hydrogen-bond acceptors (Lipinski definition) is 9. The van der Waals surface area contributed by atoms with E-state index in [9.17, 15) is 19.2 Å². The zero-order valence-electron chi connectivity index (χ0n) is 23.2. The number of nitrogens with zero attached hydrogens (tertiary/aromatic N) is 5. The van der Waals surface area contributed by atoms with Crippen molar-refractivity contribution in [3.8, 4) is 17.1 Å². The van der Waals surface area contributed by atoms with E-state index in [2.05, 4.69) is 20.4 Å². The average Bonchev–Trinajstić information content (AvgIpc) is 3.46. The third-order valence-electron chi connectivity index (χ3n) is 6.25. The van der Waals surface area contributed by atoms with E-state index in [1.807, 2.05) is 0 Å². The Labute approximate surface area is 240 Å². The third-order valence-corrected chi connectivity index (χ3v) is 6.25.